The Morgan fingerprint density at radius 3 is 2.27 bits per heavy atom. The summed E-state index contributed by atoms with van der Waals surface area (Å²) in [5.74, 6) is -0.370. The molecule has 33 heavy (non-hydrogen) atoms. The molecule has 4 aromatic rings. The van der Waals surface area contributed by atoms with Crippen LogP contribution in [0.2, 0.25) is 0 Å². The number of H-pyrrole nitrogens is 2. The minimum Gasteiger partial charge on any atom is -0.316 e. The van der Waals surface area contributed by atoms with Crippen molar-refractivity contribution in [3.05, 3.63) is 100.0 Å². The summed E-state index contributed by atoms with van der Waals surface area (Å²) in [5, 5.41) is 0. The van der Waals surface area contributed by atoms with Crippen LogP contribution in [-0.4, -0.2) is 22.4 Å². The Kier molecular flexibility index (Phi) is 6.06. The lowest BCUT2D eigenvalue weighted by atomic mass is 10.0. The summed E-state index contributed by atoms with van der Waals surface area (Å²) in [4.78, 5) is 31.8. The summed E-state index contributed by atoms with van der Waals surface area (Å²) in [6, 6.07) is 17.8. The predicted molar refractivity (Wildman–Crippen MR) is 120 cm³/mol. The number of nitrogens with zero attached hydrogens (tertiary/aromatic N) is 1. The summed E-state index contributed by atoms with van der Waals surface area (Å²) < 4.78 is 38.5. The number of halogens is 3. The van der Waals surface area contributed by atoms with Gasteiger partial charge in [-0.3, -0.25) is 4.79 Å². The monoisotopic (exact) mass is 454 g/mol. The number of rotatable bonds is 6. The van der Waals surface area contributed by atoms with E-state index in [9.17, 15) is 22.8 Å². The van der Waals surface area contributed by atoms with E-state index in [4.69, 9.17) is 5.73 Å². The average Bonchev–Trinajstić information content (AvgIpc) is 3.18. The van der Waals surface area contributed by atoms with Gasteiger partial charge in [-0.05, 0) is 47.9 Å². The minimum atomic E-state index is -4.41. The first-order valence-electron chi connectivity index (χ1n) is 10.2. The van der Waals surface area contributed by atoms with E-state index >= 15 is 0 Å². The van der Waals surface area contributed by atoms with Crippen molar-refractivity contribution in [1.82, 2.24) is 9.97 Å². The zero-order valence-electron chi connectivity index (χ0n) is 17.4. The molecule has 1 amide bonds. The maximum absolute atomic E-state index is 13.4. The number of amides is 1. The van der Waals surface area contributed by atoms with Crippen LogP contribution in [0.4, 0.5) is 18.9 Å². The molecule has 0 saturated carbocycles. The lowest BCUT2D eigenvalue weighted by Gasteiger charge is -2.26. The van der Waals surface area contributed by atoms with Crippen molar-refractivity contribution in [2.45, 2.75) is 18.6 Å². The predicted octanol–water partition coefficient (Wildman–Crippen LogP) is 4.15. The van der Waals surface area contributed by atoms with Gasteiger partial charge in [0.05, 0.1) is 16.6 Å². The van der Waals surface area contributed by atoms with Gasteiger partial charge >= 0.3 is 11.9 Å². The van der Waals surface area contributed by atoms with Crippen molar-refractivity contribution in [3.8, 4) is 0 Å². The first kappa shape index (κ1) is 22.3. The molecule has 0 radical (unpaired) electrons. The van der Waals surface area contributed by atoms with Gasteiger partial charge in [-0.2, -0.15) is 13.2 Å². The van der Waals surface area contributed by atoms with E-state index in [1.165, 1.54) is 17.0 Å². The molecule has 0 bridgehead atoms. The van der Waals surface area contributed by atoms with Crippen LogP contribution in [0.5, 0.6) is 0 Å². The Hall–Kier alpha value is -3.85. The van der Waals surface area contributed by atoms with E-state index in [0.29, 0.717) is 34.3 Å². The summed E-state index contributed by atoms with van der Waals surface area (Å²) in [5.41, 5.74) is 8.06. The number of fused-ring (bicyclic) bond motifs is 1. The second-order valence-corrected chi connectivity index (χ2v) is 7.63. The highest BCUT2D eigenvalue weighted by atomic mass is 19.4. The number of anilines is 1. The van der Waals surface area contributed by atoms with Crippen LogP contribution in [-0.2, 0) is 17.4 Å². The maximum atomic E-state index is 13.4. The lowest BCUT2D eigenvalue weighted by Crippen LogP contribution is -2.40. The van der Waals surface area contributed by atoms with E-state index in [1.807, 2.05) is 6.07 Å². The molecule has 0 aliphatic heterocycles. The molecule has 1 unspecified atom stereocenters. The first-order chi connectivity index (χ1) is 15.7. The molecular weight excluding hydrogens is 433 g/mol. The number of nitrogens with one attached hydrogen (secondary N) is 2. The maximum Gasteiger partial charge on any atom is 0.416 e. The number of nitrogens with two attached hydrogens (primary N) is 1. The number of aromatic amines is 2. The molecule has 1 atom stereocenters. The van der Waals surface area contributed by atoms with Gasteiger partial charge in [-0.1, -0.05) is 42.5 Å². The Bertz CT molecular complexity index is 1310. The number of imidazole rings is 1. The Labute approximate surface area is 186 Å². The molecule has 3 aromatic carbocycles. The molecule has 170 valence electrons. The summed E-state index contributed by atoms with van der Waals surface area (Å²) >= 11 is 0. The lowest BCUT2D eigenvalue weighted by molar-refractivity contribution is -0.137. The van der Waals surface area contributed by atoms with Crippen molar-refractivity contribution in [2.24, 2.45) is 5.73 Å². The van der Waals surface area contributed by atoms with E-state index in [0.717, 1.165) is 12.1 Å². The zero-order valence-corrected chi connectivity index (χ0v) is 17.4. The largest absolute Gasteiger partial charge is 0.416 e. The topological polar surface area (TPSA) is 95.0 Å². The van der Waals surface area contributed by atoms with Crippen LogP contribution in [0.15, 0.2) is 77.6 Å². The molecule has 0 saturated heterocycles. The minimum absolute atomic E-state index is 0.185. The van der Waals surface area contributed by atoms with Gasteiger partial charge < -0.3 is 20.6 Å². The molecule has 1 aromatic heterocycles. The van der Waals surface area contributed by atoms with Crippen molar-refractivity contribution >= 4 is 22.6 Å². The number of carbonyl (C=O) groups excluding carboxylic acids is 1. The number of hydrogen-bond acceptors (Lipinski definition) is 3. The third kappa shape index (κ3) is 4.98. The fourth-order valence-corrected chi connectivity index (χ4v) is 3.63. The van der Waals surface area contributed by atoms with Gasteiger partial charge in [0.1, 0.15) is 6.04 Å². The quantitative estimate of drug-likeness (QED) is 0.409. The molecule has 0 spiro atoms. The SMILES string of the molecule is NC(C(=O)N(CCc1ccc(C(F)(F)F)cc1)c1ccc2[nH]c(=O)[nH]c2c1)c1ccccc1. The van der Waals surface area contributed by atoms with Crippen LogP contribution in [0.3, 0.4) is 0 Å². The van der Waals surface area contributed by atoms with Gasteiger partial charge in [0, 0.05) is 12.2 Å². The third-order valence-electron chi connectivity index (χ3n) is 5.41. The first-order valence-corrected chi connectivity index (χ1v) is 10.2. The van der Waals surface area contributed by atoms with Gasteiger partial charge in [0.25, 0.3) is 0 Å². The fraction of sp³-hybridized carbons (Fsp3) is 0.167. The highest BCUT2D eigenvalue weighted by Gasteiger charge is 2.30. The van der Waals surface area contributed by atoms with Crippen LogP contribution < -0.4 is 16.3 Å². The second kappa shape index (κ2) is 8.95. The van der Waals surface area contributed by atoms with Gasteiger partial charge in [0.15, 0.2) is 0 Å². The molecule has 0 aliphatic carbocycles. The Morgan fingerprint density at radius 1 is 0.939 bits per heavy atom. The normalized spacial score (nSPS) is 12.6. The standard InChI is InChI=1S/C24H21F3N4O2/c25-24(26,27)17-8-6-15(7-9-17)12-13-31(22(32)21(28)16-4-2-1-3-5-16)18-10-11-19-20(14-18)30-23(33)29-19/h1-11,14,21H,12-13,28H2,(H2,29,30,33). The van der Waals surface area contributed by atoms with E-state index in [-0.39, 0.29) is 18.1 Å². The molecule has 4 rings (SSSR count). The van der Waals surface area contributed by atoms with Crippen LogP contribution >= 0.6 is 0 Å². The molecular formula is C24H21F3N4O2. The van der Waals surface area contributed by atoms with E-state index in [1.54, 1.807) is 42.5 Å². The van der Waals surface area contributed by atoms with Gasteiger partial charge in [0.2, 0.25) is 5.91 Å². The molecule has 1 heterocycles. The summed E-state index contributed by atoms with van der Waals surface area (Å²) in [6.45, 7) is 0.185. The van der Waals surface area contributed by atoms with Crippen molar-refractivity contribution in [2.75, 3.05) is 11.4 Å². The number of aromatic nitrogens is 2. The number of alkyl halides is 3. The van der Waals surface area contributed by atoms with Gasteiger partial charge in [-0.15, -0.1) is 0 Å². The van der Waals surface area contributed by atoms with Crippen LogP contribution in [0, 0.1) is 0 Å². The van der Waals surface area contributed by atoms with E-state index in [2.05, 4.69) is 9.97 Å². The second-order valence-electron chi connectivity index (χ2n) is 7.63. The highest BCUT2D eigenvalue weighted by molar-refractivity contribution is 5.99. The molecule has 6 nitrogen and oxygen atoms in total. The Morgan fingerprint density at radius 2 is 1.61 bits per heavy atom. The number of benzene rings is 3. The Balaban J connectivity index is 1.63. The van der Waals surface area contributed by atoms with Gasteiger partial charge in [-0.25, -0.2) is 4.79 Å². The smallest absolute Gasteiger partial charge is 0.316 e. The molecule has 4 N–H and O–H groups in total. The molecule has 9 heteroatoms. The average molecular weight is 454 g/mol. The van der Waals surface area contributed by atoms with Crippen molar-refractivity contribution < 1.29 is 18.0 Å². The van der Waals surface area contributed by atoms with Crippen LogP contribution in [0.25, 0.3) is 11.0 Å². The fourth-order valence-electron chi connectivity index (χ4n) is 3.63. The summed E-state index contributed by atoms with van der Waals surface area (Å²) in [6.07, 6.45) is -4.10. The third-order valence-corrected chi connectivity index (χ3v) is 5.41. The summed E-state index contributed by atoms with van der Waals surface area (Å²) in [7, 11) is 0. The highest BCUT2D eigenvalue weighted by Crippen LogP contribution is 2.29. The molecule has 0 aliphatic rings. The van der Waals surface area contributed by atoms with Crippen LogP contribution in [0.1, 0.15) is 22.7 Å². The van der Waals surface area contributed by atoms with Crippen molar-refractivity contribution in [3.63, 3.8) is 0 Å². The number of carbonyl (C=O) groups is 1. The van der Waals surface area contributed by atoms with E-state index < -0.39 is 17.8 Å². The number of hydrogen-bond donors (Lipinski definition) is 3. The van der Waals surface area contributed by atoms with Crippen molar-refractivity contribution in [1.29, 1.82) is 0 Å². The zero-order chi connectivity index (χ0) is 23.6. The molecule has 0 fully saturated rings.